The van der Waals surface area contributed by atoms with Crippen molar-refractivity contribution in [1.82, 2.24) is 24.7 Å². The van der Waals surface area contributed by atoms with E-state index in [9.17, 15) is 5.11 Å². The normalized spacial score (nSPS) is 19.1. The van der Waals surface area contributed by atoms with Crippen molar-refractivity contribution in [2.75, 3.05) is 51.1 Å². The van der Waals surface area contributed by atoms with E-state index in [2.05, 4.69) is 74.6 Å². The van der Waals surface area contributed by atoms with E-state index in [1.165, 1.54) is 48.3 Å². The summed E-state index contributed by atoms with van der Waals surface area (Å²) in [6, 6.07) is 19.5. The number of piperidine rings is 1. The Morgan fingerprint density at radius 2 is 1.50 bits per heavy atom. The van der Waals surface area contributed by atoms with Gasteiger partial charge in [-0.2, -0.15) is 0 Å². The first kappa shape index (κ1) is 27.3. The van der Waals surface area contributed by atoms with E-state index in [1.54, 1.807) is 0 Å². The largest absolute Gasteiger partial charge is 0.393 e. The average molecular weight is 541 g/mol. The third-order valence-corrected chi connectivity index (χ3v) is 8.71. The first-order chi connectivity index (χ1) is 19.7. The molecule has 0 radical (unpaired) electrons. The van der Waals surface area contributed by atoms with Crippen molar-refractivity contribution in [3.8, 4) is 11.4 Å². The summed E-state index contributed by atoms with van der Waals surface area (Å²) in [6.45, 7) is 10.3. The summed E-state index contributed by atoms with van der Waals surface area (Å²) >= 11 is 0. The molecule has 0 bridgehead atoms. The number of anilines is 1. The predicted octanol–water partition coefficient (Wildman–Crippen LogP) is 4.56. The molecule has 7 nitrogen and oxygen atoms in total. The molecule has 2 aromatic carbocycles. The summed E-state index contributed by atoms with van der Waals surface area (Å²) in [4.78, 5) is 17.8. The second-order valence-corrected chi connectivity index (χ2v) is 11.8. The van der Waals surface area contributed by atoms with Gasteiger partial charge in [-0.15, -0.1) is 0 Å². The standard InChI is InChI=1S/C33H44N6O/c40-29-13-20-38(21-14-29)23-27-9-11-28(12-10-27)32-35-31-15-22-39(24-26-7-2-1-3-8-26)25-30(31)33(36-32)34-16-6-19-37-17-4-5-18-37/h1-3,7-12,29,40H,4-6,13-25H2,(H,34,35,36). The molecule has 0 spiro atoms. The SMILES string of the molecule is OC1CCN(Cc2ccc(-c3nc4c(c(NCCCN5CCCC5)n3)CN(Cc3ccccc3)CC4)cc2)CC1. The van der Waals surface area contributed by atoms with Gasteiger partial charge >= 0.3 is 0 Å². The van der Waals surface area contributed by atoms with Gasteiger partial charge in [0.1, 0.15) is 5.82 Å². The van der Waals surface area contributed by atoms with E-state index in [0.717, 1.165) is 95.2 Å². The lowest BCUT2D eigenvalue weighted by Crippen LogP contribution is -2.35. The lowest BCUT2D eigenvalue weighted by Gasteiger charge is -2.30. The van der Waals surface area contributed by atoms with Gasteiger partial charge in [-0.1, -0.05) is 54.6 Å². The topological polar surface area (TPSA) is 67.8 Å². The zero-order chi connectivity index (χ0) is 27.1. The molecule has 3 aromatic rings. The van der Waals surface area contributed by atoms with Crippen LogP contribution < -0.4 is 5.32 Å². The van der Waals surface area contributed by atoms with Gasteiger partial charge in [0.2, 0.25) is 0 Å². The van der Waals surface area contributed by atoms with Gasteiger partial charge in [0, 0.05) is 63.4 Å². The highest BCUT2D eigenvalue weighted by Gasteiger charge is 2.23. The molecule has 4 heterocycles. The van der Waals surface area contributed by atoms with Crippen molar-refractivity contribution in [2.45, 2.75) is 64.3 Å². The van der Waals surface area contributed by atoms with Crippen molar-refractivity contribution < 1.29 is 5.11 Å². The molecule has 3 aliphatic heterocycles. The van der Waals surface area contributed by atoms with Gasteiger partial charge in [-0.25, -0.2) is 9.97 Å². The molecule has 0 atom stereocenters. The number of aliphatic hydroxyl groups excluding tert-OH is 1. The Morgan fingerprint density at radius 3 is 2.27 bits per heavy atom. The van der Waals surface area contributed by atoms with Crippen molar-refractivity contribution in [3.63, 3.8) is 0 Å². The van der Waals surface area contributed by atoms with E-state index in [-0.39, 0.29) is 6.10 Å². The maximum atomic E-state index is 9.81. The molecule has 0 saturated carbocycles. The molecule has 2 saturated heterocycles. The van der Waals surface area contributed by atoms with Crippen LogP contribution in [-0.4, -0.2) is 81.7 Å². The highest BCUT2D eigenvalue weighted by Crippen LogP contribution is 2.29. The van der Waals surface area contributed by atoms with Crippen LogP contribution in [0.15, 0.2) is 54.6 Å². The number of likely N-dealkylation sites (tertiary alicyclic amines) is 2. The second-order valence-electron chi connectivity index (χ2n) is 11.8. The lowest BCUT2D eigenvalue weighted by atomic mass is 10.0. The second kappa shape index (κ2) is 13.2. The molecule has 40 heavy (non-hydrogen) atoms. The molecule has 7 heteroatoms. The van der Waals surface area contributed by atoms with Gasteiger partial charge in [0.05, 0.1) is 11.8 Å². The summed E-state index contributed by atoms with van der Waals surface area (Å²) in [5, 5.41) is 13.5. The summed E-state index contributed by atoms with van der Waals surface area (Å²) < 4.78 is 0. The first-order valence-corrected chi connectivity index (χ1v) is 15.3. The van der Waals surface area contributed by atoms with Crippen LogP contribution in [0.25, 0.3) is 11.4 Å². The summed E-state index contributed by atoms with van der Waals surface area (Å²) in [6.07, 6.45) is 6.37. The van der Waals surface area contributed by atoms with E-state index in [1.807, 2.05) is 0 Å². The lowest BCUT2D eigenvalue weighted by molar-refractivity contribution is 0.0792. The van der Waals surface area contributed by atoms with Crippen LogP contribution in [0.4, 0.5) is 5.82 Å². The minimum atomic E-state index is -0.131. The summed E-state index contributed by atoms with van der Waals surface area (Å²) in [7, 11) is 0. The van der Waals surface area contributed by atoms with Gasteiger partial charge in [-0.3, -0.25) is 9.80 Å². The number of nitrogens with zero attached hydrogens (tertiary/aromatic N) is 5. The first-order valence-electron chi connectivity index (χ1n) is 15.3. The Morgan fingerprint density at radius 1 is 0.775 bits per heavy atom. The van der Waals surface area contributed by atoms with Crippen LogP contribution in [0.2, 0.25) is 0 Å². The highest BCUT2D eigenvalue weighted by molar-refractivity contribution is 5.60. The third kappa shape index (κ3) is 7.07. The molecule has 0 aliphatic carbocycles. The number of nitrogens with one attached hydrogen (secondary N) is 1. The number of benzene rings is 2. The van der Waals surface area contributed by atoms with Gasteiger partial charge in [0.25, 0.3) is 0 Å². The predicted molar refractivity (Wildman–Crippen MR) is 161 cm³/mol. The van der Waals surface area contributed by atoms with Gasteiger partial charge in [-0.05, 0) is 62.9 Å². The number of aliphatic hydroxyl groups is 1. The van der Waals surface area contributed by atoms with E-state index in [0.29, 0.717) is 0 Å². The molecule has 2 N–H and O–H groups in total. The highest BCUT2D eigenvalue weighted by atomic mass is 16.3. The molecule has 1 aromatic heterocycles. The molecule has 3 aliphatic rings. The Hall–Kier alpha value is -2.84. The third-order valence-electron chi connectivity index (χ3n) is 8.71. The average Bonchev–Trinajstić information content (AvgIpc) is 3.51. The molecule has 0 amide bonds. The van der Waals surface area contributed by atoms with Crippen LogP contribution in [0, 0.1) is 0 Å². The Bertz CT molecular complexity index is 1220. The van der Waals surface area contributed by atoms with Crippen molar-refractivity contribution in [2.24, 2.45) is 0 Å². The van der Waals surface area contributed by atoms with Crippen LogP contribution in [0.3, 0.4) is 0 Å². The fourth-order valence-corrected chi connectivity index (χ4v) is 6.33. The fraction of sp³-hybridized carbons (Fsp3) is 0.515. The van der Waals surface area contributed by atoms with Crippen molar-refractivity contribution >= 4 is 5.82 Å². The van der Waals surface area contributed by atoms with Gasteiger partial charge < -0.3 is 15.3 Å². The Labute approximate surface area is 239 Å². The summed E-state index contributed by atoms with van der Waals surface area (Å²) in [5.41, 5.74) is 6.18. The van der Waals surface area contributed by atoms with E-state index < -0.39 is 0 Å². The minimum Gasteiger partial charge on any atom is -0.393 e. The molecular formula is C33H44N6O. The van der Waals surface area contributed by atoms with Crippen LogP contribution >= 0.6 is 0 Å². The quantitative estimate of drug-likeness (QED) is 0.366. The smallest absolute Gasteiger partial charge is 0.161 e. The van der Waals surface area contributed by atoms with E-state index >= 15 is 0 Å². The monoisotopic (exact) mass is 540 g/mol. The molecule has 0 unspecified atom stereocenters. The van der Waals surface area contributed by atoms with Gasteiger partial charge in [0.15, 0.2) is 5.82 Å². The fourth-order valence-electron chi connectivity index (χ4n) is 6.33. The number of rotatable bonds is 10. The van der Waals surface area contributed by atoms with Crippen LogP contribution in [-0.2, 0) is 26.1 Å². The van der Waals surface area contributed by atoms with E-state index in [4.69, 9.17) is 9.97 Å². The maximum Gasteiger partial charge on any atom is 0.161 e. The van der Waals surface area contributed by atoms with Crippen LogP contribution in [0.5, 0.6) is 0 Å². The molecule has 6 rings (SSSR count). The molecule has 2 fully saturated rings. The van der Waals surface area contributed by atoms with Crippen molar-refractivity contribution in [3.05, 3.63) is 77.0 Å². The number of hydrogen-bond acceptors (Lipinski definition) is 7. The number of aromatic nitrogens is 2. The zero-order valence-electron chi connectivity index (χ0n) is 23.8. The van der Waals surface area contributed by atoms with Crippen LogP contribution in [0.1, 0.15) is 54.5 Å². The number of hydrogen-bond donors (Lipinski definition) is 2. The maximum absolute atomic E-state index is 9.81. The molecule has 212 valence electrons. The minimum absolute atomic E-state index is 0.131. The Kier molecular flexibility index (Phi) is 9.03. The molecular weight excluding hydrogens is 496 g/mol. The number of fused-ring (bicyclic) bond motifs is 1. The van der Waals surface area contributed by atoms with Crippen molar-refractivity contribution in [1.29, 1.82) is 0 Å². The Balaban J connectivity index is 1.17. The zero-order valence-corrected chi connectivity index (χ0v) is 23.8. The summed E-state index contributed by atoms with van der Waals surface area (Å²) in [5.74, 6) is 1.83.